The van der Waals surface area contributed by atoms with E-state index in [1.54, 1.807) is 13.0 Å². The van der Waals surface area contributed by atoms with E-state index in [0.29, 0.717) is 12.3 Å². The lowest BCUT2D eigenvalue weighted by molar-refractivity contribution is 0.168. The Bertz CT molecular complexity index is 715. The molecule has 108 valence electrons. The number of amides is 1. The van der Waals surface area contributed by atoms with Crippen LogP contribution in [0.5, 0.6) is 0 Å². The number of aliphatic hydroxyl groups is 1. The summed E-state index contributed by atoms with van der Waals surface area (Å²) in [5.41, 5.74) is 4.24. The van der Waals surface area contributed by atoms with Crippen LogP contribution in [0.4, 0.5) is 10.5 Å². The van der Waals surface area contributed by atoms with Crippen molar-refractivity contribution >= 4 is 27.7 Å². The summed E-state index contributed by atoms with van der Waals surface area (Å²) < 4.78 is 5.62. The zero-order chi connectivity index (χ0) is 15.0. The number of carbonyl (C=O) groups excluding carboxylic acids is 1. The summed E-state index contributed by atoms with van der Waals surface area (Å²) in [4.78, 5) is 11.5. The first-order valence-electron chi connectivity index (χ1n) is 6.66. The van der Waals surface area contributed by atoms with E-state index in [1.165, 1.54) is 0 Å². The molecule has 1 aliphatic carbocycles. The third-order valence-corrected chi connectivity index (χ3v) is 4.15. The number of benzene rings is 2. The molecule has 0 unspecified atom stereocenters. The monoisotopic (exact) mass is 347 g/mol. The Balaban J connectivity index is 2.02. The van der Waals surface area contributed by atoms with Crippen LogP contribution in [0.1, 0.15) is 24.2 Å². The van der Waals surface area contributed by atoms with Gasteiger partial charge in [0.2, 0.25) is 0 Å². The van der Waals surface area contributed by atoms with Crippen LogP contribution in [-0.4, -0.2) is 17.8 Å². The van der Waals surface area contributed by atoms with Gasteiger partial charge in [-0.3, -0.25) is 5.32 Å². The molecular weight excluding hydrogens is 334 g/mol. The lowest BCUT2D eigenvalue weighted by atomic mass is 10.1. The highest BCUT2D eigenvalue weighted by molar-refractivity contribution is 9.10. The van der Waals surface area contributed by atoms with Gasteiger partial charge in [0.05, 0.1) is 12.3 Å². The van der Waals surface area contributed by atoms with E-state index >= 15 is 0 Å². The molecule has 0 fully saturated rings. The quantitative estimate of drug-likeness (QED) is 0.860. The number of nitrogens with one attached hydrogen (secondary N) is 1. The number of rotatable bonds is 2. The molecule has 0 saturated heterocycles. The number of halogens is 1. The SMILES string of the molecule is CCOC(=O)Nc1cc2c(cc1Br)-c1ccccc1[C@@H]2O. The molecule has 0 aliphatic heterocycles. The Morgan fingerprint density at radius 1 is 1.29 bits per heavy atom. The van der Waals surface area contributed by atoms with Crippen LogP contribution in [0.15, 0.2) is 40.9 Å². The number of ether oxygens (including phenoxy) is 1. The van der Waals surface area contributed by atoms with Gasteiger partial charge in [0.15, 0.2) is 0 Å². The second kappa shape index (κ2) is 5.50. The summed E-state index contributed by atoms with van der Waals surface area (Å²) in [7, 11) is 0. The van der Waals surface area contributed by atoms with Gasteiger partial charge in [0.1, 0.15) is 6.10 Å². The smallest absolute Gasteiger partial charge is 0.411 e. The largest absolute Gasteiger partial charge is 0.450 e. The van der Waals surface area contributed by atoms with E-state index in [2.05, 4.69) is 21.2 Å². The van der Waals surface area contributed by atoms with E-state index in [9.17, 15) is 9.90 Å². The van der Waals surface area contributed by atoms with E-state index in [0.717, 1.165) is 26.7 Å². The Labute approximate surface area is 130 Å². The molecule has 1 atom stereocenters. The fraction of sp³-hybridized carbons (Fsp3) is 0.188. The molecule has 4 nitrogen and oxygen atoms in total. The lowest BCUT2D eigenvalue weighted by Crippen LogP contribution is -2.14. The molecule has 21 heavy (non-hydrogen) atoms. The van der Waals surface area contributed by atoms with Gasteiger partial charge >= 0.3 is 6.09 Å². The van der Waals surface area contributed by atoms with Crippen molar-refractivity contribution in [3.05, 3.63) is 52.0 Å². The Morgan fingerprint density at radius 3 is 2.81 bits per heavy atom. The number of hydrogen-bond donors (Lipinski definition) is 2. The van der Waals surface area contributed by atoms with Gasteiger partial charge in [-0.05, 0) is 57.2 Å². The minimum atomic E-state index is -0.674. The van der Waals surface area contributed by atoms with Crippen molar-refractivity contribution in [2.45, 2.75) is 13.0 Å². The minimum absolute atomic E-state index is 0.308. The third kappa shape index (κ3) is 2.43. The summed E-state index contributed by atoms with van der Waals surface area (Å²) >= 11 is 3.45. The number of carbonyl (C=O) groups is 1. The maximum atomic E-state index is 11.5. The predicted molar refractivity (Wildman–Crippen MR) is 84.3 cm³/mol. The Hall–Kier alpha value is -1.85. The van der Waals surface area contributed by atoms with Crippen molar-refractivity contribution in [3.63, 3.8) is 0 Å². The second-order valence-corrected chi connectivity index (χ2v) is 5.61. The first-order valence-corrected chi connectivity index (χ1v) is 7.45. The van der Waals surface area contributed by atoms with Crippen molar-refractivity contribution in [1.82, 2.24) is 0 Å². The van der Waals surface area contributed by atoms with Gasteiger partial charge in [0.25, 0.3) is 0 Å². The van der Waals surface area contributed by atoms with E-state index in [1.807, 2.05) is 30.3 Å². The van der Waals surface area contributed by atoms with Crippen LogP contribution >= 0.6 is 15.9 Å². The highest BCUT2D eigenvalue weighted by atomic mass is 79.9. The maximum absolute atomic E-state index is 11.5. The molecule has 0 aromatic heterocycles. The van der Waals surface area contributed by atoms with Crippen molar-refractivity contribution in [2.24, 2.45) is 0 Å². The van der Waals surface area contributed by atoms with Gasteiger partial charge in [-0.15, -0.1) is 0 Å². The van der Waals surface area contributed by atoms with Crippen molar-refractivity contribution in [2.75, 3.05) is 11.9 Å². The van der Waals surface area contributed by atoms with Gasteiger partial charge in [-0.25, -0.2) is 4.79 Å². The molecule has 2 aromatic carbocycles. The van der Waals surface area contributed by atoms with Crippen LogP contribution in [0, 0.1) is 0 Å². The average Bonchev–Trinajstić information content (AvgIpc) is 2.73. The molecule has 1 amide bonds. The van der Waals surface area contributed by atoms with Crippen LogP contribution in [-0.2, 0) is 4.74 Å². The summed E-state index contributed by atoms with van der Waals surface area (Å²) in [5, 5.41) is 13.1. The molecular formula is C16H14BrNO3. The molecule has 0 spiro atoms. The standard InChI is InChI=1S/C16H14BrNO3/c1-2-21-16(20)18-14-8-12-11(7-13(14)17)9-5-3-4-6-10(9)15(12)19/h3-8,15,19H,2H2,1H3,(H,18,20)/t15-/m0/s1. The lowest BCUT2D eigenvalue weighted by Gasteiger charge is -2.11. The minimum Gasteiger partial charge on any atom is -0.450 e. The zero-order valence-electron chi connectivity index (χ0n) is 11.4. The molecule has 0 radical (unpaired) electrons. The van der Waals surface area contributed by atoms with Gasteiger partial charge in [-0.2, -0.15) is 0 Å². The second-order valence-electron chi connectivity index (χ2n) is 4.75. The number of fused-ring (bicyclic) bond motifs is 3. The van der Waals surface area contributed by atoms with Gasteiger partial charge in [0, 0.05) is 4.47 Å². The van der Waals surface area contributed by atoms with E-state index < -0.39 is 12.2 Å². The van der Waals surface area contributed by atoms with Crippen molar-refractivity contribution < 1.29 is 14.6 Å². The van der Waals surface area contributed by atoms with Crippen molar-refractivity contribution in [1.29, 1.82) is 0 Å². The third-order valence-electron chi connectivity index (χ3n) is 3.49. The van der Waals surface area contributed by atoms with Crippen LogP contribution in [0.2, 0.25) is 0 Å². The van der Waals surface area contributed by atoms with Crippen LogP contribution in [0.3, 0.4) is 0 Å². The normalized spacial score (nSPS) is 15.3. The molecule has 3 rings (SSSR count). The summed E-state index contributed by atoms with van der Waals surface area (Å²) in [6.07, 6.45) is -1.19. The van der Waals surface area contributed by atoms with E-state index in [4.69, 9.17) is 4.74 Å². The molecule has 2 aromatic rings. The first kappa shape index (κ1) is 14.1. The van der Waals surface area contributed by atoms with Crippen LogP contribution < -0.4 is 5.32 Å². The van der Waals surface area contributed by atoms with Crippen LogP contribution in [0.25, 0.3) is 11.1 Å². The fourth-order valence-electron chi connectivity index (χ4n) is 2.57. The molecule has 0 heterocycles. The van der Waals surface area contributed by atoms with Gasteiger partial charge < -0.3 is 9.84 Å². The zero-order valence-corrected chi connectivity index (χ0v) is 13.0. The number of anilines is 1. The number of aliphatic hydroxyl groups excluding tert-OH is 1. The summed E-state index contributed by atoms with van der Waals surface area (Å²) in [5.74, 6) is 0. The van der Waals surface area contributed by atoms with Crippen molar-refractivity contribution in [3.8, 4) is 11.1 Å². The highest BCUT2D eigenvalue weighted by Gasteiger charge is 2.28. The van der Waals surface area contributed by atoms with E-state index in [-0.39, 0.29) is 0 Å². The Kier molecular flexibility index (Phi) is 3.69. The topological polar surface area (TPSA) is 58.6 Å². The molecule has 0 bridgehead atoms. The predicted octanol–water partition coefficient (Wildman–Crippen LogP) is 4.08. The Morgan fingerprint density at radius 2 is 2.05 bits per heavy atom. The van der Waals surface area contributed by atoms with Gasteiger partial charge in [-0.1, -0.05) is 24.3 Å². The number of hydrogen-bond acceptors (Lipinski definition) is 3. The fourth-order valence-corrected chi connectivity index (χ4v) is 3.01. The summed E-state index contributed by atoms with van der Waals surface area (Å²) in [6, 6.07) is 11.4. The molecule has 2 N–H and O–H groups in total. The first-order chi connectivity index (χ1) is 10.1. The summed E-state index contributed by atoms with van der Waals surface area (Å²) in [6.45, 7) is 2.06. The average molecular weight is 348 g/mol. The molecule has 1 aliphatic rings. The maximum Gasteiger partial charge on any atom is 0.411 e. The highest BCUT2D eigenvalue weighted by Crippen LogP contribution is 2.46. The molecule has 0 saturated carbocycles. The molecule has 5 heteroatoms.